The minimum absolute atomic E-state index is 0.0353. The number of amides is 1. The van der Waals surface area contributed by atoms with Crippen LogP contribution in [-0.4, -0.2) is 20.4 Å². The number of phenols is 1. The van der Waals surface area contributed by atoms with Crippen molar-refractivity contribution in [3.05, 3.63) is 46.0 Å². The lowest BCUT2D eigenvalue weighted by molar-refractivity contribution is 0.0997. The number of pyridine rings is 1. The van der Waals surface area contributed by atoms with Crippen LogP contribution in [0, 0.1) is 13.5 Å². The average Bonchev–Trinajstić information content (AvgIpc) is 2.98. The van der Waals surface area contributed by atoms with Gasteiger partial charge in [-0.3, -0.25) is 9.78 Å². The number of carbonyl (C=O) groups is 1. The van der Waals surface area contributed by atoms with Crippen LogP contribution in [0.15, 0.2) is 28.6 Å². The maximum atomic E-state index is 11.4. The molecular weight excluding hydrogens is 364 g/mol. The second kappa shape index (κ2) is 6.43. The first-order chi connectivity index (χ1) is 11.9. The lowest BCUT2D eigenvalue weighted by atomic mass is 10.1. The standard InChI is InChI=1S/C15H9ClN6O2S/c1-6-3-7(4-8(12(6)23)14(17)24)20-21-15-9-5-19-13(16)11(18-2)10(9)22-25-15/h3-5,23H,1H3,(H2,17,24). The van der Waals surface area contributed by atoms with Crippen molar-refractivity contribution in [2.45, 2.75) is 6.92 Å². The fourth-order valence-electron chi connectivity index (χ4n) is 2.14. The Morgan fingerprint density at radius 3 is 2.88 bits per heavy atom. The van der Waals surface area contributed by atoms with Crippen LogP contribution >= 0.6 is 23.1 Å². The monoisotopic (exact) mass is 372 g/mol. The third-order valence-electron chi connectivity index (χ3n) is 3.35. The highest BCUT2D eigenvalue weighted by atomic mass is 35.5. The van der Waals surface area contributed by atoms with E-state index in [9.17, 15) is 9.90 Å². The lowest BCUT2D eigenvalue weighted by Crippen LogP contribution is -2.11. The smallest absolute Gasteiger partial charge is 0.252 e. The molecule has 0 aliphatic carbocycles. The topological polar surface area (TPSA) is 118 Å². The highest BCUT2D eigenvalue weighted by molar-refractivity contribution is 7.11. The average molecular weight is 373 g/mol. The first-order valence-corrected chi connectivity index (χ1v) is 7.94. The summed E-state index contributed by atoms with van der Waals surface area (Å²) in [5, 5.41) is 19.1. The number of aromatic hydroxyl groups is 1. The first kappa shape index (κ1) is 16.8. The second-order valence-electron chi connectivity index (χ2n) is 4.98. The summed E-state index contributed by atoms with van der Waals surface area (Å²) in [5.41, 5.74) is 6.56. The third kappa shape index (κ3) is 3.00. The molecule has 0 aliphatic heterocycles. The van der Waals surface area contributed by atoms with Crippen LogP contribution in [0.5, 0.6) is 5.75 Å². The molecule has 0 bridgehead atoms. The number of hydrogen-bond donors (Lipinski definition) is 2. The third-order valence-corrected chi connectivity index (χ3v) is 4.38. The van der Waals surface area contributed by atoms with Crippen molar-refractivity contribution < 1.29 is 9.90 Å². The van der Waals surface area contributed by atoms with Gasteiger partial charge in [0, 0.05) is 11.6 Å². The van der Waals surface area contributed by atoms with E-state index in [4.69, 9.17) is 23.9 Å². The van der Waals surface area contributed by atoms with E-state index < -0.39 is 5.91 Å². The van der Waals surface area contributed by atoms with Crippen LogP contribution < -0.4 is 5.73 Å². The summed E-state index contributed by atoms with van der Waals surface area (Å²) in [6.07, 6.45) is 1.47. The predicted molar refractivity (Wildman–Crippen MR) is 94.2 cm³/mol. The van der Waals surface area contributed by atoms with Gasteiger partial charge in [0.05, 0.1) is 23.3 Å². The normalized spacial score (nSPS) is 11.1. The van der Waals surface area contributed by atoms with E-state index in [0.29, 0.717) is 27.2 Å². The number of hydrogen-bond acceptors (Lipinski definition) is 7. The molecule has 10 heteroatoms. The van der Waals surface area contributed by atoms with Gasteiger partial charge < -0.3 is 10.8 Å². The number of rotatable bonds is 3. The summed E-state index contributed by atoms with van der Waals surface area (Å²) >= 11 is 6.93. The number of aryl methyl sites for hydroxylation is 1. The van der Waals surface area contributed by atoms with Gasteiger partial charge >= 0.3 is 0 Å². The number of benzene rings is 1. The molecule has 0 fully saturated rings. The molecule has 3 aromatic rings. The molecule has 0 saturated carbocycles. The van der Waals surface area contributed by atoms with Crippen molar-refractivity contribution >= 4 is 56.3 Å². The summed E-state index contributed by atoms with van der Waals surface area (Å²) in [5.74, 6) is -0.948. The molecule has 0 radical (unpaired) electrons. The van der Waals surface area contributed by atoms with E-state index in [2.05, 4.69) is 24.4 Å². The Kier molecular flexibility index (Phi) is 4.31. The van der Waals surface area contributed by atoms with Gasteiger partial charge in [-0.15, -0.1) is 10.2 Å². The number of nitrogens with two attached hydrogens (primary N) is 1. The molecule has 25 heavy (non-hydrogen) atoms. The van der Waals surface area contributed by atoms with Crippen molar-refractivity contribution in [1.29, 1.82) is 0 Å². The molecule has 0 spiro atoms. The highest BCUT2D eigenvalue weighted by Gasteiger charge is 2.15. The minimum Gasteiger partial charge on any atom is -0.507 e. The zero-order valence-electron chi connectivity index (χ0n) is 12.7. The largest absolute Gasteiger partial charge is 0.507 e. The minimum atomic E-state index is -0.763. The highest BCUT2D eigenvalue weighted by Crippen LogP contribution is 2.39. The number of azo groups is 1. The SMILES string of the molecule is [C-]#[N+]c1c(Cl)ncc2c(N=Nc3cc(C)c(O)c(C(N)=O)c3)snc12. The van der Waals surface area contributed by atoms with Gasteiger partial charge in [-0.05, 0) is 36.2 Å². The summed E-state index contributed by atoms with van der Waals surface area (Å²) < 4.78 is 4.18. The molecule has 1 amide bonds. The fraction of sp³-hybridized carbons (Fsp3) is 0.0667. The molecule has 0 atom stereocenters. The Morgan fingerprint density at radius 1 is 1.44 bits per heavy atom. The number of carbonyl (C=O) groups excluding carboxylic acids is 1. The number of halogens is 1. The Labute approximate surface area is 150 Å². The maximum Gasteiger partial charge on any atom is 0.252 e. The van der Waals surface area contributed by atoms with Crippen LogP contribution in [0.25, 0.3) is 15.7 Å². The lowest BCUT2D eigenvalue weighted by Gasteiger charge is -2.04. The van der Waals surface area contributed by atoms with E-state index >= 15 is 0 Å². The molecule has 1 aromatic carbocycles. The van der Waals surface area contributed by atoms with Gasteiger partial charge in [-0.1, -0.05) is 11.6 Å². The predicted octanol–water partition coefficient (Wildman–Crippen LogP) is 4.42. The van der Waals surface area contributed by atoms with Gasteiger partial charge in [0.1, 0.15) is 10.9 Å². The van der Waals surface area contributed by atoms with Crippen molar-refractivity contribution in [3.63, 3.8) is 0 Å². The number of fused-ring (bicyclic) bond motifs is 1. The molecule has 0 aliphatic rings. The summed E-state index contributed by atoms with van der Waals surface area (Å²) in [6, 6.07) is 2.91. The number of primary amides is 1. The van der Waals surface area contributed by atoms with E-state index in [0.717, 1.165) is 11.5 Å². The van der Waals surface area contributed by atoms with Gasteiger partial charge in [0.15, 0.2) is 5.00 Å². The van der Waals surface area contributed by atoms with Crippen LogP contribution in [-0.2, 0) is 0 Å². The Morgan fingerprint density at radius 2 is 2.20 bits per heavy atom. The quantitative estimate of drug-likeness (QED) is 0.401. The van der Waals surface area contributed by atoms with Crippen molar-refractivity contribution in [2.75, 3.05) is 0 Å². The zero-order chi connectivity index (χ0) is 18.1. The van der Waals surface area contributed by atoms with Gasteiger partial charge in [-0.25, -0.2) is 9.22 Å². The molecule has 0 saturated heterocycles. The molecule has 3 N–H and O–H groups in total. The Balaban J connectivity index is 2.05. The molecule has 2 aromatic heterocycles. The molecule has 2 heterocycles. The second-order valence-corrected chi connectivity index (χ2v) is 6.09. The fourth-order valence-corrected chi connectivity index (χ4v) is 3.00. The van der Waals surface area contributed by atoms with E-state index in [1.54, 1.807) is 13.0 Å². The number of nitrogens with zero attached hydrogens (tertiary/aromatic N) is 5. The van der Waals surface area contributed by atoms with Crippen LogP contribution in [0.1, 0.15) is 15.9 Å². The first-order valence-electron chi connectivity index (χ1n) is 6.79. The molecule has 0 unspecified atom stereocenters. The van der Waals surface area contributed by atoms with Crippen molar-refractivity contribution in [3.8, 4) is 5.75 Å². The van der Waals surface area contributed by atoms with E-state index in [1.165, 1.54) is 12.3 Å². The van der Waals surface area contributed by atoms with Crippen LogP contribution in [0.4, 0.5) is 16.4 Å². The number of aromatic nitrogens is 2. The molecule has 3 rings (SSSR count). The molecule has 8 nitrogen and oxygen atoms in total. The van der Waals surface area contributed by atoms with E-state index in [1.807, 2.05) is 0 Å². The Hall–Kier alpha value is -3.09. The summed E-state index contributed by atoms with van der Waals surface area (Å²) in [6.45, 7) is 8.79. The summed E-state index contributed by atoms with van der Waals surface area (Å²) in [4.78, 5) is 18.7. The maximum absolute atomic E-state index is 11.4. The van der Waals surface area contributed by atoms with Crippen molar-refractivity contribution in [2.24, 2.45) is 16.0 Å². The zero-order valence-corrected chi connectivity index (χ0v) is 14.3. The molecule has 124 valence electrons. The van der Waals surface area contributed by atoms with Gasteiger partial charge in [-0.2, -0.15) is 0 Å². The molecular formula is C15H9ClN6O2S. The van der Waals surface area contributed by atoms with Crippen LogP contribution in [0.3, 0.4) is 0 Å². The van der Waals surface area contributed by atoms with Gasteiger partial charge in [0.2, 0.25) is 5.69 Å². The van der Waals surface area contributed by atoms with Gasteiger partial charge in [0.25, 0.3) is 5.91 Å². The van der Waals surface area contributed by atoms with Crippen molar-refractivity contribution in [1.82, 2.24) is 9.36 Å². The summed E-state index contributed by atoms with van der Waals surface area (Å²) in [7, 11) is 0. The van der Waals surface area contributed by atoms with E-state index in [-0.39, 0.29) is 22.2 Å². The van der Waals surface area contributed by atoms with Crippen LogP contribution in [0.2, 0.25) is 5.15 Å². The Bertz CT molecular complexity index is 1090.